The molecule has 1 N–H and O–H groups in total. The summed E-state index contributed by atoms with van der Waals surface area (Å²) < 4.78 is 34.2. The lowest BCUT2D eigenvalue weighted by Crippen LogP contribution is -2.30. The molecule has 5 nitrogen and oxygen atoms in total. The number of thiazole rings is 1. The third kappa shape index (κ3) is 5.98. The van der Waals surface area contributed by atoms with Gasteiger partial charge in [0, 0.05) is 12.3 Å². The fraction of sp³-hybridized carbons (Fsp3) is 0.278. The normalized spacial score (nSPS) is 11.7. The van der Waals surface area contributed by atoms with Crippen LogP contribution in [-0.2, 0) is 10.0 Å². The van der Waals surface area contributed by atoms with Gasteiger partial charge in [-0.15, -0.1) is 11.3 Å². The van der Waals surface area contributed by atoms with Crippen LogP contribution in [0, 0.1) is 0 Å². The van der Waals surface area contributed by atoms with E-state index >= 15 is 0 Å². The minimum atomic E-state index is -3.28. The number of hydrogen-bond acceptors (Lipinski definition) is 6. The van der Waals surface area contributed by atoms with Crippen LogP contribution in [0.3, 0.4) is 0 Å². The third-order valence-corrected chi connectivity index (χ3v) is 7.23. The van der Waals surface area contributed by atoms with E-state index in [0.717, 1.165) is 26.1 Å². The summed E-state index contributed by atoms with van der Waals surface area (Å²) in [5.41, 5.74) is 0.993. The van der Waals surface area contributed by atoms with Crippen molar-refractivity contribution >= 4 is 43.3 Å². The average Bonchev–Trinajstić information content (AvgIpc) is 3.06. The first kappa shape index (κ1) is 19.2. The first-order valence-corrected chi connectivity index (χ1v) is 11.7. The van der Waals surface area contributed by atoms with Crippen LogP contribution in [-0.4, -0.2) is 38.1 Å². The van der Waals surface area contributed by atoms with Crippen molar-refractivity contribution in [2.75, 3.05) is 24.7 Å². The van der Waals surface area contributed by atoms with Crippen LogP contribution < -0.4 is 9.46 Å². The van der Waals surface area contributed by atoms with Gasteiger partial charge in [-0.1, -0.05) is 42.1 Å². The second kappa shape index (κ2) is 9.36. The molecule has 3 rings (SSSR count). The lowest BCUT2D eigenvalue weighted by molar-refractivity contribution is 0.323. The number of benzene rings is 2. The first-order valence-electron chi connectivity index (χ1n) is 8.26. The maximum atomic E-state index is 12.0. The smallest absolute Gasteiger partial charge is 0.211 e. The fourth-order valence-electron chi connectivity index (χ4n) is 2.28. The Morgan fingerprint density at radius 2 is 1.85 bits per heavy atom. The lowest BCUT2D eigenvalue weighted by atomic mass is 10.3. The van der Waals surface area contributed by atoms with Crippen LogP contribution >= 0.6 is 23.1 Å². The molecule has 0 spiro atoms. The monoisotopic (exact) mass is 408 g/mol. The molecule has 0 saturated heterocycles. The summed E-state index contributed by atoms with van der Waals surface area (Å²) >= 11 is 3.24. The van der Waals surface area contributed by atoms with Gasteiger partial charge < -0.3 is 4.74 Å². The van der Waals surface area contributed by atoms with Crippen molar-refractivity contribution < 1.29 is 13.2 Å². The molecule has 8 heteroatoms. The number of sulfonamides is 1. The Kier molecular flexibility index (Phi) is 6.90. The Morgan fingerprint density at radius 3 is 2.65 bits per heavy atom. The summed E-state index contributed by atoms with van der Waals surface area (Å²) in [5.74, 6) is 1.57. The van der Waals surface area contributed by atoms with Gasteiger partial charge in [-0.05, 0) is 30.7 Å². The fourth-order valence-corrected chi connectivity index (χ4v) is 5.60. The predicted octanol–water partition coefficient (Wildman–Crippen LogP) is 3.78. The van der Waals surface area contributed by atoms with E-state index < -0.39 is 10.0 Å². The van der Waals surface area contributed by atoms with Crippen LogP contribution in [0.5, 0.6) is 5.75 Å². The highest BCUT2D eigenvalue weighted by Crippen LogP contribution is 2.29. The number of rotatable bonds is 10. The number of nitrogens with one attached hydrogen (secondary N) is 1. The van der Waals surface area contributed by atoms with Crippen molar-refractivity contribution in [1.82, 2.24) is 9.71 Å². The van der Waals surface area contributed by atoms with Gasteiger partial charge >= 0.3 is 0 Å². The van der Waals surface area contributed by atoms with E-state index in [2.05, 4.69) is 9.71 Å². The van der Waals surface area contributed by atoms with Crippen molar-refractivity contribution in [2.24, 2.45) is 0 Å². The van der Waals surface area contributed by atoms with Gasteiger partial charge in [0.15, 0.2) is 4.34 Å². The van der Waals surface area contributed by atoms with Crippen molar-refractivity contribution in [3.8, 4) is 5.75 Å². The highest BCUT2D eigenvalue weighted by atomic mass is 32.2. The first-order chi connectivity index (χ1) is 12.6. The Bertz CT molecular complexity index is 894. The molecule has 0 aliphatic rings. The van der Waals surface area contributed by atoms with E-state index in [1.807, 2.05) is 54.6 Å². The zero-order chi connectivity index (χ0) is 18.2. The highest BCUT2D eigenvalue weighted by Gasteiger charge is 2.10. The molecule has 0 fully saturated rings. The molecule has 0 amide bonds. The van der Waals surface area contributed by atoms with E-state index in [4.69, 9.17) is 4.74 Å². The number of para-hydroxylation sites is 2. The molecular formula is C18H20N2O3S3. The molecule has 26 heavy (non-hydrogen) atoms. The minimum absolute atomic E-state index is 0.107. The van der Waals surface area contributed by atoms with Gasteiger partial charge in [0.05, 0.1) is 16.0 Å². The standard InChI is InChI=1S/C18H20N2O3S3/c21-26(22,19-11-12-23-15-7-2-1-3-8-15)14-6-13-24-18-20-16-9-4-5-10-17(16)25-18/h1-5,7-10,19H,6,11-14H2. The molecule has 3 aromatic rings. The van der Waals surface area contributed by atoms with Crippen molar-refractivity contribution in [1.29, 1.82) is 0 Å². The van der Waals surface area contributed by atoms with Crippen LogP contribution in [0.15, 0.2) is 58.9 Å². The lowest BCUT2D eigenvalue weighted by Gasteiger charge is -2.08. The Balaban J connectivity index is 1.34. The summed E-state index contributed by atoms with van der Waals surface area (Å²) in [6.07, 6.45) is 0.579. The number of nitrogens with zero attached hydrogens (tertiary/aromatic N) is 1. The average molecular weight is 409 g/mol. The van der Waals surface area contributed by atoms with Crippen molar-refractivity contribution in [2.45, 2.75) is 10.8 Å². The summed E-state index contributed by atoms with van der Waals surface area (Å²) in [6.45, 7) is 0.575. The van der Waals surface area contributed by atoms with Gasteiger partial charge in [-0.2, -0.15) is 0 Å². The number of hydrogen-bond donors (Lipinski definition) is 1. The Labute approximate surface area is 161 Å². The molecule has 0 aliphatic heterocycles. The van der Waals surface area contributed by atoms with Crippen LogP contribution in [0.4, 0.5) is 0 Å². The van der Waals surface area contributed by atoms with E-state index in [9.17, 15) is 8.42 Å². The number of thioether (sulfide) groups is 1. The highest BCUT2D eigenvalue weighted by molar-refractivity contribution is 8.01. The van der Waals surface area contributed by atoms with Crippen LogP contribution in [0.1, 0.15) is 6.42 Å². The number of fused-ring (bicyclic) bond motifs is 1. The second-order valence-corrected chi connectivity index (χ2v) is 9.82. The van der Waals surface area contributed by atoms with Crippen LogP contribution in [0.2, 0.25) is 0 Å². The molecule has 1 aromatic heterocycles. The number of ether oxygens (including phenoxy) is 1. The van der Waals surface area contributed by atoms with E-state index in [-0.39, 0.29) is 12.3 Å². The summed E-state index contributed by atoms with van der Waals surface area (Å²) in [6, 6.07) is 17.3. The quantitative estimate of drug-likeness (QED) is 0.408. The van der Waals surface area contributed by atoms with E-state index in [1.165, 1.54) is 0 Å². The number of aromatic nitrogens is 1. The molecule has 0 aliphatic carbocycles. The predicted molar refractivity (Wildman–Crippen MR) is 109 cm³/mol. The molecule has 0 radical (unpaired) electrons. The van der Waals surface area contributed by atoms with E-state index in [1.54, 1.807) is 23.1 Å². The molecular weight excluding hydrogens is 388 g/mol. The Morgan fingerprint density at radius 1 is 1.08 bits per heavy atom. The van der Waals surface area contributed by atoms with Gasteiger partial charge in [-0.25, -0.2) is 18.1 Å². The van der Waals surface area contributed by atoms with Gasteiger partial charge in [-0.3, -0.25) is 0 Å². The SMILES string of the molecule is O=S(=O)(CCCSc1nc2ccccc2s1)NCCOc1ccccc1. The topological polar surface area (TPSA) is 68.3 Å². The van der Waals surface area contributed by atoms with Crippen molar-refractivity contribution in [3.63, 3.8) is 0 Å². The largest absolute Gasteiger partial charge is 0.492 e. The van der Waals surface area contributed by atoms with Crippen LogP contribution in [0.25, 0.3) is 10.2 Å². The zero-order valence-electron chi connectivity index (χ0n) is 14.1. The van der Waals surface area contributed by atoms with Gasteiger partial charge in [0.25, 0.3) is 0 Å². The third-order valence-electron chi connectivity index (χ3n) is 3.49. The van der Waals surface area contributed by atoms with E-state index in [0.29, 0.717) is 13.0 Å². The molecule has 0 atom stereocenters. The molecule has 0 bridgehead atoms. The molecule has 0 unspecified atom stereocenters. The Hall–Kier alpha value is -1.61. The maximum absolute atomic E-state index is 12.0. The molecule has 138 valence electrons. The van der Waals surface area contributed by atoms with Gasteiger partial charge in [0.2, 0.25) is 10.0 Å². The van der Waals surface area contributed by atoms with Gasteiger partial charge in [0.1, 0.15) is 12.4 Å². The second-order valence-electron chi connectivity index (χ2n) is 5.52. The summed E-state index contributed by atoms with van der Waals surface area (Å²) in [5, 5.41) is 0. The molecule has 0 saturated carbocycles. The summed E-state index contributed by atoms with van der Waals surface area (Å²) in [7, 11) is -3.28. The zero-order valence-corrected chi connectivity index (χ0v) is 16.6. The van der Waals surface area contributed by atoms with Crippen molar-refractivity contribution in [3.05, 3.63) is 54.6 Å². The maximum Gasteiger partial charge on any atom is 0.211 e. The molecule has 1 heterocycles. The minimum Gasteiger partial charge on any atom is -0.492 e. The summed E-state index contributed by atoms with van der Waals surface area (Å²) in [4.78, 5) is 4.54. The molecule has 2 aromatic carbocycles.